The first-order valence-electron chi connectivity index (χ1n) is 8.99. The smallest absolute Gasteiger partial charge is 0.408 e. The maximum Gasteiger partial charge on any atom is 0.408 e. The van der Waals surface area contributed by atoms with Crippen molar-refractivity contribution in [2.45, 2.75) is 18.8 Å². The van der Waals surface area contributed by atoms with E-state index in [-0.39, 0.29) is 23.9 Å². The van der Waals surface area contributed by atoms with E-state index in [1.807, 2.05) is 0 Å². The van der Waals surface area contributed by atoms with E-state index in [9.17, 15) is 23.1 Å². The Morgan fingerprint density at radius 3 is 2.87 bits per heavy atom. The maximum absolute atomic E-state index is 12.6. The monoisotopic (exact) mass is 440 g/mol. The summed E-state index contributed by atoms with van der Waals surface area (Å²) in [5, 5.41) is 9.19. The van der Waals surface area contributed by atoms with Crippen molar-refractivity contribution in [3.8, 4) is 22.9 Å². The number of carbonyl (C=O) groups excluding carboxylic acids is 1. The van der Waals surface area contributed by atoms with Crippen LogP contribution < -0.4 is 20.9 Å². The Morgan fingerprint density at radius 1 is 1.45 bits per heavy atom. The summed E-state index contributed by atoms with van der Waals surface area (Å²) in [7, 11) is 0. The van der Waals surface area contributed by atoms with E-state index in [1.54, 1.807) is 10.6 Å². The number of benzene rings is 1. The molecule has 1 amide bonds. The molecule has 13 heteroatoms. The molecule has 3 rings (SSSR count). The number of nitrogens with zero attached hydrogens (tertiary/aromatic N) is 4. The predicted octanol–water partition coefficient (Wildman–Crippen LogP) is 0.463. The third kappa shape index (κ3) is 5.31. The number of aliphatic hydroxyl groups is 1. The number of aromatic nitrogens is 2. The van der Waals surface area contributed by atoms with Crippen LogP contribution in [0.1, 0.15) is 5.69 Å². The molecule has 1 atom stereocenters. The number of ether oxygens (including phenoxy) is 2. The van der Waals surface area contributed by atoms with Gasteiger partial charge in [0.15, 0.2) is 11.9 Å². The molecule has 2 heterocycles. The number of halogens is 3. The molecule has 10 nitrogen and oxygen atoms in total. The molecular formula is C18H19F3N6O4. The summed E-state index contributed by atoms with van der Waals surface area (Å²) < 4.78 is 50.5. The number of carbonyl (C=O) groups is 1. The van der Waals surface area contributed by atoms with E-state index in [1.165, 1.54) is 18.3 Å². The van der Waals surface area contributed by atoms with Crippen LogP contribution in [0, 0.1) is 0 Å². The largest absolute Gasteiger partial charge is 0.491 e. The lowest BCUT2D eigenvalue weighted by molar-refractivity contribution is -0.126. The molecule has 166 valence electrons. The summed E-state index contributed by atoms with van der Waals surface area (Å²) >= 11 is 0. The lowest BCUT2D eigenvalue weighted by Gasteiger charge is -2.15. The van der Waals surface area contributed by atoms with E-state index < -0.39 is 31.3 Å². The second-order valence-corrected chi connectivity index (χ2v) is 6.37. The van der Waals surface area contributed by atoms with Gasteiger partial charge >= 0.3 is 6.18 Å². The minimum Gasteiger partial charge on any atom is -0.491 e. The fourth-order valence-corrected chi connectivity index (χ4v) is 2.82. The number of aliphatic imine (C=N–C) groups is 2. The molecule has 0 aliphatic carbocycles. The van der Waals surface area contributed by atoms with E-state index in [2.05, 4.69) is 15.0 Å². The Balaban J connectivity index is 1.96. The quantitative estimate of drug-likeness (QED) is 0.439. The number of amidine groups is 1. The summed E-state index contributed by atoms with van der Waals surface area (Å²) in [6.07, 6.45) is -3.37. The number of nitrogens with two attached hydrogens (primary N) is 2. The first-order valence-corrected chi connectivity index (χ1v) is 8.99. The zero-order valence-corrected chi connectivity index (χ0v) is 16.0. The topological polar surface area (TPSA) is 150 Å². The summed E-state index contributed by atoms with van der Waals surface area (Å²) in [6.45, 7) is -1.43. The Labute approximate surface area is 174 Å². The number of aliphatic hydroxyl groups excluding tert-OH is 1. The van der Waals surface area contributed by atoms with Crippen molar-refractivity contribution >= 4 is 18.1 Å². The zero-order chi connectivity index (χ0) is 22.6. The zero-order valence-electron chi connectivity index (χ0n) is 16.0. The summed E-state index contributed by atoms with van der Waals surface area (Å²) in [5.41, 5.74) is 11.0. The molecule has 31 heavy (non-hydrogen) atoms. The van der Waals surface area contributed by atoms with Crippen molar-refractivity contribution in [1.29, 1.82) is 0 Å². The minimum atomic E-state index is -4.50. The molecule has 2 aromatic rings. The Kier molecular flexibility index (Phi) is 6.44. The predicted molar refractivity (Wildman–Crippen MR) is 104 cm³/mol. The van der Waals surface area contributed by atoms with E-state index in [0.29, 0.717) is 23.7 Å². The van der Waals surface area contributed by atoms with E-state index in [4.69, 9.17) is 20.9 Å². The number of hydrogen-bond donors (Lipinski definition) is 3. The van der Waals surface area contributed by atoms with Crippen molar-refractivity contribution in [3.05, 3.63) is 30.1 Å². The van der Waals surface area contributed by atoms with Crippen molar-refractivity contribution in [2.75, 3.05) is 19.8 Å². The molecule has 0 saturated carbocycles. The molecule has 1 aliphatic rings. The van der Waals surface area contributed by atoms with Crippen LogP contribution in [0.4, 0.5) is 13.2 Å². The Hall–Kier alpha value is -3.61. The van der Waals surface area contributed by atoms with Gasteiger partial charge in [0.1, 0.15) is 36.2 Å². The highest BCUT2D eigenvalue weighted by atomic mass is 19.4. The molecule has 0 fully saturated rings. The SMILES string of the molecule is NC=NC(=NCC(F)(F)F)c1cn2c(n1)-c1ccc(O[C@@H](CO)C(N)=O)cc1OCC2. The number of alkyl halides is 3. The summed E-state index contributed by atoms with van der Waals surface area (Å²) in [4.78, 5) is 22.8. The highest BCUT2D eigenvalue weighted by Crippen LogP contribution is 2.35. The van der Waals surface area contributed by atoms with Crippen LogP contribution in [0.15, 0.2) is 34.4 Å². The summed E-state index contributed by atoms with van der Waals surface area (Å²) in [5.74, 6) is -0.0722. The normalized spacial score (nSPS) is 15.0. The molecule has 5 N–H and O–H groups in total. The second kappa shape index (κ2) is 9.04. The number of imidazole rings is 1. The maximum atomic E-state index is 12.6. The lowest BCUT2D eigenvalue weighted by atomic mass is 10.1. The van der Waals surface area contributed by atoms with Gasteiger partial charge in [0.25, 0.3) is 5.91 Å². The van der Waals surface area contributed by atoms with Crippen LogP contribution in [0.5, 0.6) is 11.5 Å². The number of rotatable bonds is 6. The standard InChI is InChI=1S/C18H19F3N6O4/c19-18(20,21)8-24-16(25-9-22)12-6-27-3-4-30-13-5-10(31-14(7-28)15(23)29)1-2-11(13)17(27)26-12/h1-2,5-6,9,14,28H,3-4,7-8H2,(H2,23,29)(H2,22,24,25)/t14-/m0/s1. The second-order valence-electron chi connectivity index (χ2n) is 6.37. The average Bonchev–Trinajstić information content (AvgIpc) is 3.04. The van der Waals surface area contributed by atoms with Crippen molar-refractivity contribution in [3.63, 3.8) is 0 Å². The minimum absolute atomic E-state index is 0.114. The molecule has 0 saturated heterocycles. The van der Waals surface area contributed by atoms with Crippen molar-refractivity contribution < 1.29 is 32.5 Å². The highest BCUT2D eigenvalue weighted by Gasteiger charge is 2.28. The third-order valence-electron chi connectivity index (χ3n) is 4.16. The molecule has 0 spiro atoms. The van der Waals surface area contributed by atoms with Crippen molar-refractivity contribution in [1.82, 2.24) is 9.55 Å². The Morgan fingerprint density at radius 2 is 2.23 bits per heavy atom. The molecule has 1 aromatic heterocycles. The van der Waals surface area contributed by atoms with Crippen LogP contribution in [-0.4, -0.2) is 64.8 Å². The lowest BCUT2D eigenvalue weighted by Crippen LogP contribution is -2.36. The van der Waals surface area contributed by atoms with Gasteiger partial charge in [-0.3, -0.25) is 9.79 Å². The number of amides is 1. The fraction of sp³-hybridized carbons (Fsp3) is 0.333. The van der Waals surface area contributed by atoms with E-state index >= 15 is 0 Å². The van der Waals surface area contributed by atoms with Crippen LogP contribution in [-0.2, 0) is 11.3 Å². The van der Waals surface area contributed by atoms with Crippen LogP contribution >= 0.6 is 0 Å². The summed E-state index contributed by atoms with van der Waals surface area (Å²) in [6, 6.07) is 4.63. The molecular weight excluding hydrogens is 421 g/mol. The van der Waals surface area contributed by atoms with Crippen LogP contribution in [0.2, 0.25) is 0 Å². The van der Waals surface area contributed by atoms with Gasteiger partial charge in [0.05, 0.1) is 25.1 Å². The van der Waals surface area contributed by atoms with Gasteiger partial charge in [-0.15, -0.1) is 0 Å². The highest BCUT2D eigenvalue weighted by molar-refractivity contribution is 6.01. The Bertz CT molecular complexity index is 1020. The van der Waals surface area contributed by atoms with Crippen molar-refractivity contribution in [2.24, 2.45) is 21.5 Å². The van der Waals surface area contributed by atoms with Gasteiger partial charge < -0.3 is 30.6 Å². The molecule has 1 aromatic carbocycles. The van der Waals surface area contributed by atoms with Gasteiger partial charge in [0, 0.05) is 12.3 Å². The fourth-order valence-electron chi connectivity index (χ4n) is 2.82. The average molecular weight is 440 g/mol. The van der Waals surface area contributed by atoms with Gasteiger partial charge in [0.2, 0.25) is 0 Å². The number of fused-ring (bicyclic) bond motifs is 3. The van der Waals surface area contributed by atoms with E-state index in [0.717, 1.165) is 6.34 Å². The number of primary amides is 1. The van der Waals surface area contributed by atoms with Crippen LogP contribution in [0.25, 0.3) is 11.4 Å². The number of hydrogen-bond acceptors (Lipinski definition) is 6. The third-order valence-corrected chi connectivity index (χ3v) is 4.16. The molecule has 1 aliphatic heterocycles. The van der Waals surface area contributed by atoms with Gasteiger partial charge in [-0.25, -0.2) is 9.98 Å². The molecule has 0 unspecified atom stereocenters. The molecule has 0 radical (unpaired) electrons. The van der Waals surface area contributed by atoms with Gasteiger partial charge in [-0.1, -0.05) is 0 Å². The first kappa shape index (κ1) is 22.1. The van der Waals surface area contributed by atoms with Gasteiger partial charge in [-0.2, -0.15) is 13.2 Å². The van der Waals surface area contributed by atoms with Crippen LogP contribution in [0.3, 0.4) is 0 Å². The molecule has 0 bridgehead atoms. The van der Waals surface area contributed by atoms with Gasteiger partial charge in [-0.05, 0) is 12.1 Å². The first-order chi connectivity index (χ1) is 14.7.